The molecule has 9 heteroatoms. The summed E-state index contributed by atoms with van der Waals surface area (Å²) in [6, 6.07) is 20.0. The molecule has 35 heavy (non-hydrogen) atoms. The third-order valence-corrected chi connectivity index (χ3v) is 7.81. The van der Waals surface area contributed by atoms with Gasteiger partial charge in [-0.2, -0.15) is 4.31 Å². The highest BCUT2D eigenvalue weighted by Gasteiger charge is 2.29. The van der Waals surface area contributed by atoms with Crippen LogP contribution in [0.25, 0.3) is 0 Å². The van der Waals surface area contributed by atoms with Crippen molar-refractivity contribution in [3.63, 3.8) is 0 Å². The number of nitrogens with one attached hydrogen (secondary N) is 1. The maximum absolute atomic E-state index is 13.2. The van der Waals surface area contributed by atoms with Gasteiger partial charge in [0.05, 0.1) is 11.5 Å². The lowest BCUT2D eigenvalue weighted by atomic mass is 10.1. The minimum absolute atomic E-state index is 0.0856. The molecule has 3 aromatic rings. The predicted molar refractivity (Wildman–Crippen MR) is 132 cm³/mol. The average Bonchev–Trinajstić information content (AvgIpc) is 2.88. The number of rotatable bonds is 8. The number of sulfonamides is 1. The van der Waals surface area contributed by atoms with Gasteiger partial charge >= 0.3 is 0 Å². The molecule has 184 valence electrons. The second-order valence-electron chi connectivity index (χ2n) is 8.33. The van der Waals surface area contributed by atoms with E-state index in [9.17, 15) is 17.6 Å². The summed E-state index contributed by atoms with van der Waals surface area (Å²) in [6.45, 7) is 2.39. The highest BCUT2D eigenvalue weighted by Crippen LogP contribution is 2.22. The molecule has 1 aliphatic heterocycles. The molecule has 0 aromatic heterocycles. The van der Waals surface area contributed by atoms with Gasteiger partial charge in [-0.25, -0.2) is 12.8 Å². The first-order valence-electron chi connectivity index (χ1n) is 11.3. The van der Waals surface area contributed by atoms with Crippen molar-refractivity contribution in [1.29, 1.82) is 0 Å². The number of carbonyl (C=O) groups is 1. The highest BCUT2D eigenvalue weighted by molar-refractivity contribution is 7.89. The van der Waals surface area contributed by atoms with Gasteiger partial charge in [-0.05, 0) is 53.6 Å². The van der Waals surface area contributed by atoms with Crippen LogP contribution in [0.2, 0.25) is 0 Å². The third-order valence-electron chi connectivity index (χ3n) is 5.92. The van der Waals surface area contributed by atoms with E-state index in [0.717, 1.165) is 16.8 Å². The number of anilines is 1. The molecule has 0 radical (unpaired) electrons. The van der Waals surface area contributed by atoms with Crippen molar-refractivity contribution in [3.05, 3.63) is 95.3 Å². The van der Waals surface area contributed by atoms with Gasteiger partial charge in [0.25, 0.3) is 5.91 Å². The minimum Gasteiger partial charge on any atom is -0.380 e. The Morgan fingerprint density at radius 2 is 1.63 bits per heavy atom. The minimum atomic E-state index is -3.76. The number of benzene rings is 3. The molecular weight excluding hydrogens is 469 g/mol. The molecule has 0 unspecified atom stereocenters. The largest absolute Gasteiger partial charge is 0.380 e. The van der Waals surface area contributed by atoms with E-state index in [4.69, 9.17) is 4.74 Å². The quantitative estimate of drug-likeness (QED) is 0.516. The summed E-state index contributed by atoms with van der Waals surface area (Å²) < 4.78 is 46.2. The first-order valence-corrected chi connectivity index (χ1v) is 12.8. The number of carbonyl (C=O) groups excluding carboxylic acids is 1. The fourth-order valence-corrected chi connectivity index (χ4v) is 5.53. The Hall–Kier alpha value is -3.27. The monoisotopic (exact) mass is 497 g/mol. The van der Waals surface area contributed by atoms with Crippen molar-refractivity contribution in [2.24, 2.45) is 0 Å². The summed E-state index contributed by atoms with van der Waals surface area (Å²) in [5, 5.41) is 2.85. The predicted octanol–water partition coefficient (Wildman–Crippen LogP) is 3.41. The number of piperazine rings is 1. The molecule has 0 atom stereocenters. The van der Waals surface area contributed by atoms with Crippen LogP contribution < -0.4 is 10.2 Å². The lowest BCUT2D eigenvalue weighted by Gasteiger charge is -2.35. The molecule has 1 fully saturated rings. The van der Waals surface area contributed by atoms with Crippen LogP contribution in [0.1, 0.15) is 21.5 Å². The van der Waals surface area contributed by atoms with E-state index >= 15 is 0 Å². The van der Waals surface area contributed by atoms with Gasteiger partial charge < -0.3 is 15.0 Å². The lowest BCUT2D eigenvalue weighted by molar-refractivity contribution is 0.0950. The zero-order valence-corrected chi connectivity index (χ0v) is 20.3. The smallest absolute Gasteiger partial charge is 0.251 e. The van der Waals surface area contributed by atoms with Gasteiger partial charge in [0.1, 0.15) is 5.82 Å². The highest BCUT2D eigenvalue weighted by atomic mass is 32.2. The van der Waals surface area contributed by atoms with E-state index < -0.39 is 10.0 Å². The van der Waals surface area contributed by atoms with Crippen LogP contribution in [0, 0.1) is 5.82 Å². The van der Waals surface area contributed by atoms with Crippen LogP contribution in [0.15, 0.2) is 77.7 Å². The SMILES string of the molecule is COCc1cccc(CNC(=O)c2cccc(S(=O)(=O)N3CCN(c4ccc(F)cc4)CC3)c2)c1. The van der Waals surface area contributed by atoms with Gasteiger partial charge in [-0.1, -0.05) is 30.3 Å². The molecule has 0 saturated carbocycles. The summed E-state index contributed by atoms with van der Waals surface area (Å²) in [4.78, 5) is 14.8. The Kier molecular flexibility index (Phi) is 7.80. The summed E-state index contributed by atoms with van der Waals surface area (Å²) in [5.74, 6) is -0.654. The first kappa shape index (κ1) is 24.8. The van der Waals surface area contributed by atoms with Crippen molar-refractivity contribution in [2.75, 3.05) is 38.2 Å². The zero-order chi connectivity index (χ0) is 24.8. The van der Waals surface area contributed by atoms with Crippen LogP contribution in [-0.2, 0) is 27.9 Å². The zero-order valence-electron chi connectivity index (χ0n) is 19.5. The van der Waals surface area contributed by atoms with Crippen LogP contribution in [-0.4, -0.2) is 51.9 Å². The van der Waals surface area contributed by atoms with Crippen LogP contribution in [0.4, 0.5) is 10.1 Å². The maximum Gasteiger partial charge on any atom is 0.251 e. The fraction of sp³-hybridized carbons (Fsp3) is 0.269. The Morgan fingerprint density at radius 3 is 2.34 bits per heavy atom. The number of methoxy groups -OCH3 is 1. The summed E-state index contributed by atoms with van der Waals surface area (Å²) in [6.07, 6.45) is 0. The maximum atomic E-state index is 13.2. The van der Waals surface area contributed by atoms with Gasteiger partial charge in [-0.15, -0.1) is 0 Å². The van der Waals surface area contributed by atoms with E-state index in [0.29, 0.717) is 39.3 Å². The second-order valence-corrected chi connectivity index (χ2v) is 10.3. The van der Waals surface area contributed by atoms with E-state index in [1.54, 1.807) is 31.4 Å². The molecule has 1 amide bonds. The molecule has 1 saturated heterocycles. The standard InChI is InChI=1S/C26H28FN3O4S/c1-34-19-21-5-2-4-20(16-21)18-28-26(31)22-6-3-7-25(17-22)35(32,33)30-14-12-29(13-15-30)24-10-8-23(27)9-11-24/h2-11,16-17H,12-15,18-19H2,1H3,(H,28,31). The van der Waals surface area contributed by atoms with Crippen LogP contribution in [0.5, 0.6) is 0 Å². The Morgan fingerprint density at radius 1 is 0.943 bits per heavy atom. The van der Waals surface area contributed by atoms with Crippen molar-refractivity contribution < 1.29 is 22.3 Å². The van der Waals surface area contributed by atoms with Gasteiger partial charge in [0.2, 0.25) is 10.0 Å². The molecule has 3 aromatic carbocycles. The van der Waals surface area contributed by atoms with Gasteiger partial charge in [-0.3, -0.25) is 4.79 Å². The molecular formula is C26H28FN3O4S. The molecule has 7 nitrogen and oxygen atoms in total. The molecule has 1 N–H and O–H groups in total. The van der Waals surface area contributed by atoms with Crippen LogP contribution in [0.3, 0.4) is 0 Å². The molecule has 4 rings (SSSR count). The summed E-state index contributed by atoms with van der Waals surface area (Å²) >= 11 is 0. The Bertz CT molecular complexity index is 1270. The summed E-state index contributed by atoms with van der Waals surface area (Å²) in [5.41, 5.74) is 3.07. The van der Waals surface area contributed by atoms with E-state index in [1.165, 1.54) is 28.6 Å². The topological polar surface area (TPSA) is 78.9 Å². The second kappa shape index (κ2) is 11.0. The average molecular weight is 498 g/mol. The van der Waals surface area contributed by atoms with Crippen molar-refractivity contribution in [3.8, 4) is 0 Å². The number of amides is 1. The molecule has 1 aliphatic rings. The molecule has 1 heterocycles. The number of ether oxygens (including phenoxy) is 1. The fourth-order valence-electron chi connectivity index (χ4n) is 4.07. The van der Waals surface area contributed by atoms with E-state index in [-0.39, 0.29) is 22.2 Å². The van der Waals surface area contributed by atoms with Crippen molar-refractivity contribution >= 4 is 21.6 Å². The molecule has 0 spiro atoms. The molecule has 0 aliphatic carbocycles. The first-order chi connectivity index (χ1) is 16.9. The van der Waals surface area contributed by atoms with Gasteiger partial charge in [0, 0.05) is 51.1 Å². The normalized spacial score (nSPS) is 14.6. The van der Waals surface area contributed by atoms with Crippen molar-refractivity contribution in [1.82, 2.24) is 9.62 Å². The Balaban J connectivity index is 1.39. The van der Waals surface area contributed by atoms with Gasteiger partial charge in [0.15, 0.2) is 0 Å². The molecule has 0 bridgehead atoms. The Labute approximate surface area is 205 Å². The number of hydrogen-bond acceptors (Lipinski definition) is 5. The van der Waals surface area contributed by atoms with E-state index in [1.807, 2.05) is 29.2 Å². The third kappa shape index (κ3) is 6.05. The number of hydrogen-bond donors (Lipinski definition) is 1. The summed E-state index contributed by atoms with van der Waals surface area (Å²) in [7, 11) is -2.13. The number of halogens is 1. The van der Waals surface area contributed by atoms with Crippen LogP contribution >= 0.6 is 0 Å². The lowest BCUT2D eigenvalue weighted by Crippen LogP contribution is -2.48. The van der Waals surface area contributed by atoms with E-state index in [2.05, 4.69) is 5.32 Å². The van der Waals surface area contributed by atoms with Crippen molar-refractivity contribution in [2.45, 2.75) is 18.0 Å². The number of nitrogens with zero attached hydrogens (tertiary/aromatic N) is 2.